The zero-order valence-corrected chi connectivity index (χ0v) is 17.1. The average molecular weight is 444 g/mol. The van der Waals surface area contributed by atoms with Gasteiger partial charge in [-0.15, -0.1) is 0 Å². The van der Waals surface area contributed by atoms with E-state index in [2.05, 4.69) is 10.1 Å². The van der Waals surface area contributed by atoms with E-state index in [4.69, 9.17) is 4.74 Å². The number of hydrogen-bond acceptors (Lipinski definition) is 7. The van der Waals surface area contributed by atoms with Crippen LogP contribution in [-0.4, -0.2) is 48.2 Å². The van der Waals surface area contributed by atoms with Gasteiger partial charge in [0.25, 0.3) is 17.1 Å². The highest BCUT2D eigenvalue weighted by molar-refractivity contribution is 8.18. The molecule has 0 aromatic heterocycles. The van der Waals surface area contributed by atoms with Crippen LogP contribution in [0.2, 0.25) is 0 Å². The van der Waals surface area contributed by atoms with Crippen LogP contribution in [0.5, 0.6) is 5.75 Å². The summed E-state index contributed by atoms with van der Waals surface area (Å²) in [5.41, 5.74) is 1.08. The second kappa shape index (κ2) is 9.90. The summed E-state index contributed by atoms with van der Waals surface area (Å²) in [5.74, 6) is -1.64. The second-order valence-corrected chi connectivity index (χ2v) is 7.25. The first-order valence-electron chi connectivity index (χ1n) is 8.96. The van der Waals surface area contributed by atoms with Crippen molar-refractivity contribution in [2.24, 2.45) is 0 Å². The van der Waals surface area contributed by atoms with Crippen molar-refractivity contribution in [1.29, 1.82) is 0 Å². The van der Waals surface area contributed by atoms with Crippen molar-refractivity contribution in [3.05, 3.63) is 64.8 Å². The molecule has 2 aromatic carbocycles. The highest BCUT2D eigenvalue weighted by atomic mass is 32.2. The lowest BCUT2D eigenvalue weighted by Crippen LogP contribution is -2.34. The molecule has 3 amide bonds. The fourth-order valence-corrected chi connectivity index (χ4v) is 3.36. The molecule has 1 heterocycles. The Morgan fingerprint density at radius 3 is 2.42 bits per heavy atom. The predicted octanol–water partition coefficient (Wildman–Crippen LogP) is 3.05. The molecule has 1 aliphatic heterocycles. The summed E-state index contributed by atoms with van der Waals surface area (Å²) in [7, 11) is 1.17. The third-order valence-corrected chi connectivity index (χ3v) is 4.97. The van der Waals surface area contributed by atoms with Crippen LogP contribution >= 0.6 is 11.8 Å². The summed E-state index contributed by atoms with van der Waals surface area (Å²) in [5, 5.41) is 2.03. The number of esters is 1. The number of amides is 3. The number of carbonyl (C=O) groups is 4. The SMILES string of the molecule is COC(=O)CN1C(=O)SC(=Cc2ccc(OCC(=O)Nc3ccc(F)cc3)cc2)C1=O. The Morgan fingerprint density at radius 1 is 1.10 bits per heavy atom. The Bertz CT molecular complexity index is 1040. The Kier molecular flexibility index (Phi) is 7.03. The van der Waals surface area contributed by atoms with E-state index >= 15 is 0 Å². The standard InChI is InChI=1S/C21H17FN2O6S/c1-29-19(26)11-24-20(27)17(31-21(24)28)10-13-2-8-16(9-3-13)30-12-18(25)23-15-6-4-14(22)5-7-15/h2-10H,11-12H2,1H3,(H,23,25). The maximum absolute atomic E-state index is 12.9. The van der Waals surface area contributed by atoms with Crippen LogP contribution in [0, 0.1) is 5.82 Å². The number of halogens is 1. The molecule has 1 saturated heterocycles. The van der Waals surface area contributed by atoms with E-state index in [1.165, 1.54) is 37.5 Å². The van der Waals surface area contributed by atoms with Crippen molar-refractivity contribution >= 4 is 46.5 Å². The first kappa shape index (κ1) is 22.0. The topological polar surface area (TPSA) is 102 Å². The summed E-state index contributed by atoms with van der Waals surface area (Å²) >= 11 is 0.732. The van der Waals surface area contributed by atoms with Gasteiger partial charge in [0.1, 0.15) is 18.1 Å². The molecular formula is C21H17FN2O6S. The summed E-state index contributed by atoms with van der Waals surface area (Å²) in [6, 6.07) is 11.9. The molecule has 1 N–H and O–H groups in total. The van der Waals surface area contributed by atoms with Gasteiger partial charge < -0.3 is 14.8 Å². The van der Waals surface area contributed by atoms with Crippen molar-refractivity contribution in [3.8, 4) is 5.75 Å². The van der Waals surface area contributed by atoms with Gasteiger partial charge in [-0.2, -0.15) is 0 Å². The van der Waals surface area contributed by atoms with Crippen LogP contribution in [0.1, 0.15) is 5.56 Å². The van der Waals surface area contributed by atoms with Crippen LogP contribution in [-0.2, 0) is 19.1 Å². The van der Waals surface area contributed by atoms with Gasteiger partial charge in [-0.05, 0) is 59.8 Å². The minimum atomic E-state index is -0.687. The number of nitrogens with zero attached hydrogens (tertiary/aromatic N) is 1. The molecule has 0 aliphatic carbocycles. The number of hydrogen-bond donors (Lipinski definition) is 1. The van der Waals surface area contributed by atoms with Crippen molar-refractivity contribution in [2.75, 3.05) is 25.6 Å². The summed E-state index contributed by atoms with van der Waals surface area (Å²) in [6.07, 6.45) is 1.52. The average Bonchev–Trinajstić information content (AvgIpc) is 3.02. The molecule has 2 aromatic rings. The van der Waals surface area contributed by atoms with Gasteiger partial charge in [0, 0.05) is 5.69 Å². The molecule has 1 aliphatic rings. The van der Waals surface area contributed by atoms with Gasteiger partial charge in [0.05, 0.1) is 12.0 Å². The Hall–Kier alpha value is -3.66. The van der Waals surface area contributed by atoms with E-state index < -0.39 is 35.4 Å². The van der Waals surface area contributed by atoms with E-state index in [0.717, 1.165) is 16.7 Å². The summed E-state index contributed by atoms with van der Waals surface area (Å²) < 4.78 is 22.8. The Balaban J connectivity index is 1.55. The number of carbonyl (C=O) groups excluding carboxylic acids is 4. The molecule has 31 heavy (non-hydrogen) atoms. The van der Waals surface area contributed by atoms with E-state index in [0.29, 0.717) is 17.0 Å². The number of ether oxygens (including phenoxy) is 2. The molecule has 0 unspecified atom stereocenters. The predicted molar refractivity (Wildman–Crippen MR) is 112 cm³/mol. The number of imide groups is 1. The van der Waals surface area contributed by atoms with Crippen LogP contribution in [0.25, 0.3) is 6.08 Å². The summed E-state index contributed by atoms with van der Waals surface area (Å²) in [6.45, 7) is -0.686. The molecule has 160 valence electrons. The lowest BCUT2D eigenvalue weighted by atomic mass is 10.2. The van der Waals surface area contributed by atoms with Gasteiger partial charge >= 0.3 is 5.97 Å². The Labute approximate surface area is 181 Å². The van der Waals surface area contributed by atoms with E-state index in [1.807, 2.05) is 0 Å². The number of methoxy groups -OCH3 is 1. The molecule has 0 radical (unpaired) electrons. The first-order valence-corrected chi connectivity index (χ1v) is 9.78. The number of anilines is 1. The van der Waals surface area contributed by atoms with Crippen molar-refractivity contribution in [1.82, 2.24) is 4.90 Å². The molecule has 0 saturated carbocycles. The molecule has 0 atom stereocenters. The monoisotopic (exact) mass is 444 g/mol. The van der Waals surface area contributed by atoms with Gasteiger partial charge in [-0.25, -0.2) is 4.39 Å². The molecule has 0 bridgehead atoms. The van der Waals surface area contributed by atoms with Crippen LogP contribution in [0.3, 0.4) is 0 Å². The number of rotatable bonds is 7. The molecule has 10 heteroatoms. The minimum absolute atomic E-state index is 0.182. The fraction of sp³-hybridized carbons (Fsp3) is 0.143. The van der Waals surface area contributed by atoms with Crippen molar-refractivity contribution in [3.63, 3.8) is 0 Å². The molecule has 3 rings (SSSR count). The van der Waals surface area contributed by atoms with E-state index in [-0.39, 0.29) is 11.5 Å². The quantitative estimate of drug-likeness (QED) is 0.517. The zero-order chi connectivity index (χ0) is 22.4. The molecule has 8 nitrogen and oxygen atoms in total. The Morgan fingerprint density at radius 2 is 1.77 bits per heavy atom. The summed E-state index contributed by atoms with van der Waals surface area (Å²) in [4.78, 5) is 48.5. The molecule has 1 fully saturated rings. The van der Waals surface area contributed by atoms with Crippen molar-refractivity contribution < 1.29 is 33.0 Å². The van der Waals surface area contributed by atoms with Gasteiger partial charge in [0.2, 0.25) is 0 Å². The molecular weight excluding hydrogens is 427 g/mol. The van der Waals surface area contributed by atoms with Crippen molar-refractivity contribution in [2.45, 2.75) is 0 Å². The third kappa shape index (κ3) is 5.92. The number of thioether (sulfide) groups is 1. The number of nitrogens with one attached hydrogen (secondary N) is 1. The largest absolute Gasteiger partial charge is 0.484 e. The minimum Gasteiger partial charge on any atom is -0.484 e. The smallest absolute Gasteiger partial charge is 0.325 e. The lowest BCUT2D eigenvalue weighted by Gasteiger charge is -2.09. The maximum atomic E-state index is 12.9. The number of benzene rings is 2. The molecule has 0 spiro atoms. The lowest BCUT2D eigenvalue weighted by molar-refractivity contribution is -0.143. The zero-order valence-electron chi connectivity index (χ0n) is 16.3. The van der Waals surface area contributed by atoms with Crippen LogP contribution in [0.15, 0.2) is 53.4 Å². The van der Waals surface area contributed by atoms with Crippen LogP contribution in [0.4, 0.5) is 14.9 Å². The normalized spacial score (nSPS) is 14.6. The highest BCUT2D eigenvalue weighted by Gasteiger charge is 2.36. The second-order valence-electron chi connectivity index (χ2n) is 6.26. The third-order valence-electron chi connectivity index (χ3n) is 4.06. The highest BCUT2D eigenvalue weighted by Crippen LogP contribution is 2.32. The van der Waals surface area contributed by atoms with Gasteiger partial charge in [-0.3, -0.25) is 24.1 Å². The van der Waals surface area contributed by atoms with Crippen LogP contribution < -0.4 is 10.1 Å². The maximum Gasteiger partial charge on any atom is 0.325 e. The fourth-order valence-electron chi connectivity index (χ4n) is 2.52. The van der Waals surface area contributed by atoms with Gasteiger partial charge in [0.15, 0.2) is 6.61 Å². The van der Waals surface area contributed by atoms with E-state index in [9.17, 15) is 23.6 Å². The van der Waals surface area contributed by atoms with Gasteiger partial charge in [-0.1, -0.05) is 12.1 Å². The first-order chi connectivity index (χ1) is 14.9. The van der Waals surface area contributed by atoms with E-state index in [1.54, 1.807) is 24.3 Å².